The average molecular weight is 464 g/mol. The molecule has 4 rings (SSSR count). The maximum Gasteiger partial charge on any atom is 0.300 e. The topological polar surface area (TPSA) is 131 Å². The van der Waals surface area contributed by atoms with Gasteiger partial charge in [-0.1, -0.05) is 37.3 Å². The molecule has 1 amide bonds. The first-order valence-electron chi connectivity index (χ1n) is 10.2. The number of benzene rings is 2. The van der Waals surface area contributed by atoms with E-state index in [4.69, 9.17) is 5.14 Å². The molecule has 3 N–H and O–H groups in total. The van der Waals surface area contributed by atoms with Crippen LogP contribution < -0.4 is 10.0 Å². The number of sulfonamides is 1. The molecule has 9 heteroatoms. The summed E-state index contributed by atoms with van der Waals surface area (Å²) in [5.74, 6) is -2.03. The number of nitrogens with zero attached hydrogens (tertiary/aromatic N) is 2. The Morgan fingerprint density at radius 1 is 1.03 bits per heavy atom. The van der Waals surface area contributed by atoms with E-state index in [0.29, 0.717) is 11.3 Å². The normalized spacial score (nSPS) is 18.0. The third-order valence-corrected chi connectivity index (χ3v) is 6.42. The Morgan fingerprint density at radius 2 is 1.70 bits per heavy atom. The maximum atomic E-state index is 13.1. The summed E-state index contributed by atoms with van der Waals surface area (Å²) in [7, 11) is -3.93. The van der Waals surface area contributed by atoms with Crippen molar-refractivity contribution in [2.75, 3.05) is 4.90 Å². The number of pyridine rings is 1. The Balaban J connectivity index is 1.89. The van der Waals surface area contributed by atoms with Crippen molar-refractivity contribution in [2.24, 2.45) is 5.14 Å². The van der Waals surface area contributed by atoms with Gasteiger partial charge in [-0.25, -0.2) is 13.6 Å². The molecule has 1 fully saturated rings. The summed E-state index contributed by atoms with van der Waals surface area (Å²) in [6.07, 6.45) is 2.34. The van der Waals surface area contributed by atoms with Crippen LogP contribution in [0.1, 0.15) is 29.8 Å². The van der Waals surface area contributed by atoms with E-state index in [0.717, 1.165) is 12.0 Å². The molecular formula is C24H21N3O5S. The van der Waals surface area contributed by atoms with E-state index in [9.17, 15) is 23.1 Å². The first-order chi connectivity index (χ1) is 15.7. The van der Waals surface area contributed by atoms with Gasteiger partial charge in [-0.05, 0) is 48.4 Å². The van der Waals surface area contributed by atoms with Gasteiger partial charge in [-0.2, -0.15) is 0 Å². The van der Waals surface area contributed by atoms with Crippen LogP contribution in [0.4, 0.5) is 5.69 Å². The zero-order chi connectivity index (χ0) is 23.8. The molecule has 1 aliphatic heterocycles. The number of ketones is 1. The summed E-state index contributed by atoms with van der Waals surface area (Å²) in [4.78, 5) is 31.5. The lowest BCUT2D eigenvalue weighted by atomic mass is 9.97. The van der Waals surface area contributed by atoms with Gasteiger partial charge in [0.25, 0.3) is 11.7 Å². The minimum absolute atomic E-state index is 0.0986. The molecule has 8 nitrogen and oxygen atoms in total. The van der Waals surface area contributed by atoms with E-state index in [2.05, 4.69) is 4.98 Å². The van der Waals surface area contributed by atoms with Gasteiger partial charge < -0.3 is 5.11 Å². The number of Topliss-reactive ketones (excluding diaryl/α,β-unsaturated/α-hetero) is 1. The van der Waals surface area contributed by atoms with Crippen molar-refractivity contribution >= 4 is 33.2 Å². The number of hydrogen-bond acceptors (Lipinski definition) is 6. The largest absolute Gasteiger partial charge is 0.507 e. The molecule has 0 spiro atoms. The number of anilines is 1. The molecule has 0 aliphatic carbocycles. The van der Waals surface area contributed by atoms with E-state index in [1.807, 2.05) is 19.1 Å². The number of aryl methyl sites for hydroxylation is 1. The first kappa shape index (κ1) is 22.4. The molecule has 2 aromatic carbocycles. The third kappa shape index (κ3) is 4.15. The van der Waals surface area contributed by atoms with Crippen LogP contribution >= 0.6 is 0 Å². The van der Waals surface area contributed by atoms with Crippen LogP contribution in [0.2, 0.25) is 0 Å². The van der Waals surface area contributed by atoms with Gasteiger partial charge in [0, 0.05) is 17.4 Å². The molecular weight excluding hydrogens is 442 g/mol. The number of aromatic nitrogens is 1. The predicted octanol–water partition coefficient (Wildman–Crippen LogP) is 2.92. The highest BCUT2D eigenvalue weighted by molar-refractivity contribution is 7.89. The van der Waals surface area contributed by atoms with Gasteiger partial charge in [0.2, 0.25) is 10.0 Å². The minimum atomic E-state index is -3.93. The average Bonchev–Trinajstić information content (AvgIpc) is 3.09. The lowest BCUT2D eigenvalue weighted by molar-refractivity contribution is -0.132. The molecule has 33 heavy (non-hydrogen) atoms. The number of primary sulfonamides is 1. The number of carbonyl (C=O) groups excluding carboxylic acids is 2. The second-order valence-corrected chi connectivity index (χ2v) is 9.07. The molecule has 3 aromatic rings. The van der Waals surface area contributed by atoms with Gasteiger partial charge >= 0.3 is 0 Å². The van der Waals surface area contributed by atoms with Gasteiger partial charge in [0.05, 0.1) is 16.2 Å². The van der Waals surface area contributed by atoms with Crippen molar-refractivity contribution < 1.29 is 23.1 Å². The van der Waals surface area contributed by atoms with Crippen molar-refractivity contribution in [3.05, 3.63) is 95.3 Å². The number of aliphatic hydroxyl groups excluding tert-OH is 1. The standard InChI is InChI=1S/C24H21N3O5S/c1-2-15-6-8-16(9-7-15)22(28)20-21(19-5-3-4-14-26-19)27(24(30)23(20)29)17-10-12-18(13-11-17)33(25,31)32/h3-14,21,28H,2H2,1H3,(H2,25,31,32)/b22-20+. The maximum absolute atomic E-state index is 13.1. The summed E-state index contributed by atoms with van der Waals surface area (Å²) < 4.78 is 23.2. The molecule has 1 unspecified atom stereocenters. The molecule has 1 aromatic heterocycles. The van der Waals surface area contributed by atoms with Crippen LogP contribution in [0.5, 0.6) is 0 Å². The van der Waals surface area contributed by atoms with Crippen LogP contribution in [0.15, 0.2) is 83.4 Å². The van der Waals surface area contributed by atoms with Gasteiger partial charge in [0.1, 0.15) is 11.8 Å². The lowest BCUT2D eigenvalue weighted by Gasteiger charge is -2.24. The lowest BCUT2D eigenvalue weighted by Crippen LogP contribution is -2.29. The SMILES string of the molecule is CCc1ccc(/C(O)=C2\C(=O)C(=O)N(c3ccc(S(N)(=O)=O)cc3)C2c2ccccn2)cc1. The quantitative estimate of drug-likeness (QED) is 0.340. The zero-order valence-electron chi connectivity index (χ0n) is 17.7. The van der Waals surface area contributed by atoms with Crippen molar-refractivity contribution in [3.8, 4) is 0 Å². The molecule has 1 atom stereocenters. The Kier molecular flexibility index (Phi) is 5.84. The highest BCUT2D eigenvalue weighted by Gasteiger charge is 2.47. The second-order valence-electron chi connectivity index (χ2n) is 7.51. The van der Waals surface area contributed by atoms with E-state index < -0.39 is 27.8 Å². The Bertz CT molecular complexity index is 1350. The fraction of sp³-hybridized carbons (Fsp3) is 0.125. The van der Waals surface area contributed by atoms with Crippen LogP contribution in [0.3, 0.4) is 0 Å². The molecule has 1 aliphatic rings. The summed E-state index contributed by atoms with van der Waals surface area (Å²) in [6.45, 7) is 2.00. The number of hydrogen-bond donors (Lipinski definition) is 2. The summed E-state index contributed by atoms with van der Waals surface area (Å²) in [5.41, 5.74) is 2.00. The third-order valence-electron chi connectivity index (χ3n) is 5.49. The number of carbonyl (C=O) groups is 2. The minimum Gasteiger partial charge on any atom is -0.507 e. The molecule has 168 valence electrons. The van der Waals surface area contributed by atoms with Crippen molar-refractivity contribution in [2.45, 2.75) is 24.3 Å². The molecule has 0 saturated carbocycles. The highest BCUT2D eigenvalue weighted by atomic mass is 32.2. The van der Waals surface area contributed by atoms with Crippen LogP contribution in [0, 0.1) is 0 Å². The summed E-state index contributed by atoms with van der Waals surface area (Å²) >= 11 is 0. The zero-order valence-corrected chi connectivity index (χ0v) is 18.5. The molecule has 0 bridgehead atoms. The van der Waals surface area contributed by atoms with Gasteiger partial charge in [-0.3, -0.25) is 19.5 Å². The fourth-order valence-electron chi connectivity index (χ4n) is 3.77. The number of aliphatic hydroxyl groups is 1. The first-order valence-corrected chi connectivity index (χ1v) is 11.7. The van der Waals surface area contributed by atoms with E-state index >= 15 is 0 Å². The summed E-state index contributed by atoms with van der Waals surface area (Å²) in [5, 5.41) is 16.2. The smallest absolute Gasteiger partial charge is 0.300 e. The van der Waals surface area contributed by atoms with E-state index in [1.54, 1.807) is 30.3 Å². The van der Waals surface area contributed by atoms with Crippen LogP contribution in [-0.2, 0) is 26.0 Å². The molecule has 1 saturated heterocycles. The van der Waals surface area contributed by atoms with Crippen molar-refractivity contribution in [3.63, 3.8) is 0 Å². The molecule has 2 heterocycles. The fourth-order valence-corrected chi connectivity index (χ4v) is 4.28. The van der Waals surface area contributed by atoms with E-state index in [1.165, 1.54) is 35.4 Å². The van der Waals surface area contributed by atoms with Crippen molar-refractivity contribution in [1.29, 1.82) is 0 Å². The van der Waals surface area contributed by atoms with Crippen molar-refractivity contribution in [1.82, 2.24) is 4.98 Å². The van der Waals surface area contributed by atoms with Crippen LogP contribution in [-0.4, -0.2) is 30.2 Å². The molecule has 0 radical (unpaired) electrons. The Hall–Kier alpha value is -3.82. The van der Waals surface area contributed by atoms with Crippen LogP contribution in [0.25, 0.3) is 5.76 Å². The predicted molar refractivity (Wildman–Crippen MR) is 123 cm³/mol. The van der Waals surface area contributed by atoms with Gasteiger partial charge in [-0.15, -0.1) is 0 Å². The monoisotopic (exact) mass is 463 g/mol. The number of amides is 1. The Labute approximate surface area is 191 Å². The Morgan fingerprint density at radius 3 is 2.24 bits per heavy atom. The number of nitrogens with two attached hydrogens (primary N) is 1. The second kappa shape index (κ2) is 8.61. The summed E-state index contributed by atoms with van der Waals surface area (Å²) in [6, 6.07) is 16.4. The van der Waals surface area contributed by atoms with E-state index in [-0.39, 0.29) is 21.9 Å². The number of rotatable bonds is 5. The van der Waals surface area contributed by atoms with Gasteiger partial charge in [0.15, 0.2) is 0 Å². The highest BCUT2D eigenvalue weighted by Crippen LogP contribution is 2.41.